The molecule has 0 bridgehead atoms. The lowest BCUT2D eigenvalue weighted by Gasteiger charge is -2.10. The normalized spacial score (nSPS) is 12.4. The smallest absolute Gasteiger partial charge is 0.339 e. The molecule has 1 atom stereocenters. The van der Waals surface area contributed by atoms with E-state index in [1.54, 1.807) is 26.1 Å². The molecule has 20 heavy (non-hydrogen) atoms. The molecule has 0 fully saturated rings. The number of aliphatic hydroxyl groups is 1. The van der Waals surface area contributed by atoms with Crippen molar-refractivity contribution in [1.29, 1.82) is 0 Å². The Bertz CT molecular complexity index is 754. The maximum Gasteiger partial charge on any atom is 0.339 e. The maximum atomic E-state index is 11.3. The lowest BCUT2D eigenvalue weighted by molar-refractivity contribution is 0.199. The lowest BCUT2D eigenvalue weighted by Crippen LogP contribution is -2.33. The molecule has 1 aromatic heterocycles. The van der Waals surface area contributed by atoms with Crippen molar-refractivity contribution in [2.75, 3.05) is 0 Å². The van der Waals surface area contributed by atoms with E-state index in [-0.39, 0.29) is 0 Å². The summed E-state index contributed by atoms with van der Waals surface area (Å²) in [4.78, 5) is 27.0. The van der Waals surface area contributed by atoms with Gasteiger partial charge in [0.05, 0.1) is 6.10 Å². The van der Waals surface area contributed by atoms with Crippen molar-refractivity contribution in [2.24, 2.45) is 7.05 Å². The van der Waals surface area contributed by atoms with Crippen LogP contribution in [0, 0.1) is 0 Å². The van der Waals surface area contributed by atoms with Crippen molar-refractivity contribution >= 4 is 27.7 Å². The molecule has 0 aliphatic carbocycles. The first-order valence-corrected chi connectivity index (χ1v) is 7.32. The molecule has 1 heterocycles. The summed E-state index contributed by atoms with van der Waals surface area (Å²) >= 11 is 4.65. The summed E-state index contributed by atoms with van der Waals surface area (Å²) in [6, 6.07) is 5.41. The number of H-pyrrole nitrogens is 1. The molecule has 2 aromatic rings. The van der Waals surface area contributed by atoms with Crippen LogP contribution in [-0.2, 0) is 7.05 Å². The highest BCUT2D eigenvalue weighted by Crippen LogP contribution is 2.33. The number of benzene rings is 1. The number of rotatable bonds is 3. The third kappa shape index (κ3) is 3.20. The minimum atomic E-state index is -0.817. The number of hydrogen-bond acceptors (Lipinski definition) is 5. The van der Waals surface area contributed by atoms with Crippen molar-refractivity contribution in [3.8, 4) is 0 Å². The Labute approximate surface area is 127 Å². The van der Waals surface area contributed by atoms with Crippen molar-refractivity contribution in [3.05, 3.63) is 48.9 Å². The molecule has 0 saturated heterocycles. The number of hydrogen-bond donors (Lipinski definition) is 2. The molecule has 0 amide bonds. The molecule has 0 unspecified atom stereocenters. The lowest BCUT2D eigenvalue weighted by atomic mass is 10.1. The molecule has 0 saturated carbocycles. The zero-order chi connectivity index (χ0) is 14.9. The van der Waals surface area contributed by atoms with E-state index in [4.69, 9.17) is 0 Å². The number of aromatic nitrogens is 3. The average molecular weight is 358 g/mol. The Morgan fingerprint density at radius 2 is 2.15 bits per heavy atom. The van der Waals surface area contributed by atoms with Gasteiger partial charge in [-0.05, 0) is 52.3 Å². The Morgan fingerprint density at radius 1 is 1.45 bits per heavy atom. The molecule has 1 aromatic carbocycles. The van der Waals surface area contributed by atoms with Crippen molar-refractivity contribution in [1.82, 2.24) is 14.8 Å². The Hall–Kier alpha value is -1.38. The van der Waals surface area contributed by atoms with E-state index < -0.39 is 17.2 Å². The summed E-state index contributed by atoms with van der Waals surface area (Å²) in [6.45, 7) is 1.68. The number of halogens is 1. The first-order chi connectivity index (χ1) is 9.38. The third-order valence-corrected chi connectivity index (χ3v) is 4.63. The highest BCUT2D eigenvalue weighted by Gasteiger charge is 2.10. The van der Waals surface area contributed by atoms with Gasteiger partial charge in [-0.1, -0.05) is 6.07 Å². The van der Waals surface area contributed by atoms with Gasteiger partial charge in [-0.25, -0.2) is 0 Å². The number of nitrogens with zero attached hydrogens (tertiary/aromatic N) is 2. The Morgan fingerprint density at radius 3 is 2.75 bits per heavy atom. The van der Waals surface area contributed by atoms with E-state index in [1.165, 1.54) is 16.4 Å². The van der Waals surface area contributed by atoms with Gasteiger partial charge >= 0.3 is 11.1 Å². The molecule has 0 radical (unpaired) electrons. The highest BCUT2D eigenvalue weighted by atomic mass is 79.9. The SMILES string of the molecule is C[C@@H](O)c1ccc(Sc2nc(=O)c(=O)[nH]n2C)c(Br)c1. The van der Waals surface area contributed by atoms with Crippen molar-refractivity contribution in [2.45, 2.75) is 23.1 Å². The topological polar surface area (TPSA) is 88.0 Å². The minimum absolute atomic E-state index is 0.375. The second kappa shape index (κ2) is 5.94. The summed E-state index contributed by atoms with van der Waals surface area (Å²) in [6.07, 6.45) is -0.555. The molecule has 6 nitrogen and oxygen atoms in total. The molecule has 0 aliphatic rings. The first kappa shape index (κ1) is 15.0. The number of nitrogens with one attached hydrogen (secondary N) is 1. The molecular weight excluding hydrogens is 346 g/mol. The fourth-order valence-electron chi connectivity index (χ4n) is 1.51. The minimum Gasteiger partial charge on any atom is -0.389 e. The van der Waals surface area contributed by atoms with Crippen LogP contribution in [0.15, 0.2) is 42.3 Å². The fraction of sp³-hybridized carbons (Fsp3) is 0.250. The summed E-state index contributed by atoms with van der Waals surface area (Å²) in [5.74, 6) is 0. The monoisotopic (exact) mass is 357 g/mol. The van der Waals surface area contributed by atoms with Gasteiger partial charge in [0.2, 0.25) is 0 Å². The van der Waals surface area contributed by atoms with E-state index in [9.17, 15) is 14.7 Å². The van der Waals surface area contributed by atoms with E-state index in [0.717, 1.165) is 14.9 Å². The van der Waals surface area contributed by atoms with Crippen LogP contribution in [0.4, 0.5) is 0 Å². The summed E-state index contributed by atoms with van der Waals surface area (Å²) in [7, 11) is 1.61. The van der Waals surface area contributed by atoms with Crippen LogP contribution in [-0.4, -0.2) is 19.9 Å². The van der Waals surface area contributed by atoms with Gasteiger partial charge in [0, 0.05) is 16.4 Å². The van der Waals surface area contributed by atoms with Gasteiger partial charge in [-0.15, -0.1) is 0 Å². The molecule has 0 spiro atoms. The van der Waals surface area contributed by atoms with E-state index in [0.29, 0.717) is 5.16 Å². The Balaban J connectivity index is 2.38. The fourth-order valence-corrected chi connectivity index (χ4v) is 2.95. The highest BCUT2D eigenvalue weighted by molar-refractivity contribution is 9.10. The average Bonchev–Trinajstić information content (AvgIpc) is 2.37. The van der Waals surface area contributed by atoms with Gasteiger partial charge in [0.25, 0.3) is 0 Å². The molecule has 0 aliphatic heterocycles. The van der Waals surface area contributed by atoms with Crippen molar-refractivity contribution < 1.29 is 5.11 Å². The molecule has 2 N–H and O–H groups in total. The van der Waals surface area contributed by atoms with Gasteiger partial charge in [-0.2, -0.15) is 4.98 Å². The van der Waals surface area contributed by atoms with Crippen LogP contribution in [0.5, 0.6) is 0 Å². The van der Waals surface area contributed by atoms with E-state index in [1.807, 2.05) is 6.07 Å². The summed E-state index contributed by atoms with van der Waals surface area (Å²) in [5, 5.41) is 12.3. The van der Waals surface area contributed by atoms with E-state index >= 15 is 0 Å². The quantitative estimate of drug-likeness (QED) is 0.811. The van der Waals surface area contributed by atoms with Crippen LogP contribution >= 0.6 is 27.7 Å². The van der Waals surface area contributed by atoms with Crippen molar-refractivity contribution in [3.63, 3.8) is 0 Å². The molecular formula is C12H12BrN3O3S. The predicted octanol–water partition coefficient (Wildman–Crippen LogP) is 1.44. The van der Waals surface area contributed by atoms with Crippen LogP contribution in [0.1, 0.15) is 18.6 Å². The number of aliphatic hydroxyl groups excluding tert-OH is 1. The molecule has 106 valence electrons. The van der Waals surface area contributed by atoms with Gasteiger partial charge in [0.1, 0.15) is 0 Å². The largest absolute Gasteiger partial charge is 0.389 e. The number of aryl methyl sites for hydroxylation is 1. The van der Waals surface area contributed by atoms with Crippen LogP contribution in [0.3, 0.4) is 0 Å². The van der Waals surface area contributed by atoms with Gasteiger partial charge < -0.3 is 5.11 Å². The van der Waals surface area contributed by atoms with Crippen LogP contribution in [0.25, 0.3) is 0 Å². The maximum absolute atomic E-state index is 11.3. The number of aromatic amines is 1. The Kier molecular flexibility index (Phi) is 4.46. The zero-order valence-electron chi connectivity index (χ0n) is 10.8. The van der Waals surface area contributed by atoms with Crippen LogP contribution in [0.2, 0.25) is 0 Å². The molecule has 8 heteroatoms. The third-order valence-electron chi connectivity index (χ3n) is 2.59. The first-order valence-electron chi connectivity index (χ1n) is 5.71. The van der Waals surface area contributed by atoms with Gasteiger partial charge in [0.15, 0.2) is 5.16 Å². The second-order valence-electron chi connectivity index (χ2n) is 4.17. The second-order valence-corrected chi connectivity index (χ2v) is 6.03. The van der Waals surface area contributed by atoms with E-state index in [2.05, 4.69) is 26.0 Å². The standard InChI is InChI=1S/C12H12BrN3O3S/c1-6(17)7-3-4-9(8(13)5-7)20-12-14-10(18)11(19)15-16(12)2/h3-6,17H,1-2H3,(H,15,19)/t6-/m1/s1. The van der Waals surface area contributed by atoms with Crippen LogP contribution < -0.4 is 11.1 Å². The zero-order valence-corrected chi connectivity index (χ0v) is 13.2. The molecule has 2 rings (SSSR count). The van der Waals surface area contributed by atoms with Gasteiger partial charge in [-0.3, -0.25) is 19.4 Å². The summed E-state index contributed by atoms with van der Waals surface area (Å²) < 4.78 is 2.17. The predicted molar refractivity (Wildman–Crippen MR) is 79.0 cm³/mol. The summed E-state index contributed by atoms with van der Waals surface area (Å²) in [5.41, 5.74) is -0.785.